The summed E-state index contributed by atoms with van der Waals surface area (Å²) in [6, 6.07) is 13.9. The lowest BCUT2D eigenvalue weighted by Gasteiger charge is -2.13. The summed E-state index contributed by atoms with van der Waals surface area (Å²) in [6.45, 7) is 4.23. The van der Waals surface area contributed by atoms with Crippen molar-refractivity contribution in [1.82, 2.24) is 4.57 Å². The molecule has 0 fully saturated rings. The van der Waals surface area contributed by atoms with Crippen LogP contribution in [0.4, 0.5) is 0 Å². The molecule has 0 bridgehead atoms. The first-order chi connectivity index (χ1) is 11.6. The van der Waals surface area contributed by atoms with Gasteiger partial charge in [-0.1, -0.05) is 30.3 Å². The molecule has 5 heteroatoms. The van der Waals surface area contributed by atoms with Crippen LogP contribution in [0.25, 0.3) is 22.2 Å². The molecule has 5 nitrogen and oxygen atoms in total. The minimum atomic E-state index is -0.0461. The highest BCUT2D eigenvalue weighted by Gasteiger charge is 2.27. The summed E-state index contributed by atoms with van der Waals surface area (Å²) in [6.07, 6.45) is 0. The van der Waals surface area contributed by atoms with Gasteiger partial charge in [-0.15, -0.1) is 0 Å². The minimum Gasteiger partial charge on any atom is -0.454 e. The minimum absolute atomic E-state index is 0.0383. The molecule has 0 spiro atoms. The molecule has 1 aromatic heterocycles. The third-order valence-corrected chi connectivity index (χ3v) is 4.40. The molecular formula is C19H19N2O3+. The highest BCUT2D eigenvalue weighted by atomic mass is 16.7. The van der Waals surface area contributed by atoms with E-state index >= 15 is 0 Å². The standard InChI is InChI=1S/C19H19N2O3/c1-12(2)21-15-10-17-16(23-11-24-17)9-14(15)18(20(3)19(21)22)13-7-5-4-6-8-13/h4-10,12H,11H2,1-3H3/q+1. The molecule has 1 aliphatic rings. The summed E-state index contributed by atoms with van der Waals surface area (Å²) in [7, 11) is 1.81. The summed E-state index contributed by atoms with van der Waals surface area (Å²) in [5.41, 5.74) is 2.69. The molecule has 0 saturated heterocycles. The highest BCUT2D eigenvalue weighted by molar-refractivity contribution is 5.93. The van der Waals surface area contributed by atoms with Crippen LogP contribution < -0.4 is 19.7 Å². The van der Waals surface area contributed by atoms with Crippen LogP contribution in [0, 0.1) is 0 Å². The predicted octanol–water partition coefficient (Wildman–Crippen LogP) is 2.80. The van der Waals surface area contributed by atoms with E-state index in [1.807, 2.05) is 63.4 Å². The molecule has 1 aliphatic heterocycles. The quantitative estimate of drug-likeness (QED) is 0.681. The topological polar surface area (TPSA) is 44.3 Å². The number of hydrogen-bond acceptors (Lipinski definition) is 3. The van der Waals surface area contributed by atoms with E-state index in [0.29, 0.717) is 11.5 Å². The zero-order chi connectivity index (χ0) is 16.8. The van der Waals surface area contributed by atoms with Gasteiger partial charge in [-0.2, -0.15) is 13.9 Å². The summed E-state index contributed by atoms with van der Waals surface area (Å²) in [5.74, 6) is 1.40. The molecule has 2 aromatic carbocycles. The van der Waals surface area contributed by atoms with Crippen LogP contribution >= 0.6 is 0 Å². The van der Waals surface area contributed by atoms with E-state index < -0.39 is 0 Å². The number of rotatable bonds is 2. The van der Waals surface area contributed by atoms with E-state index in [-0.39, 0.29) is 18.5 Å². The summed E-state index contributed by atoms with van der Waals surface area (Å²) >= 11 is 0. The largest absolute Gasteiger partial charge is 0.498 e. The molecule has 122 valence electrons. The first-order valence-electron chi connectivity index (χ1n) is 8.01. The molecule has 2 heterocycles. The molecule has 0 atom stereocenters. The molecule has 0 N–H and O–H groups in total. The van der Waals surface area contributed by atoms with Crippen LogP contribution in [0.1, 0.15) is 19.9 Å². The van der Waals surface area contributed by atoms with E-state index in [0.717, 1.165) is 22.2 Å². The smallest absolute Gasteiger partial charge is 0.454 e. The van der Waals surface area contributed by atoms with Crippen molar-refractivity contribution in [1.29, 1.82) is 0 Å². The lowest BCUT2D eigenvalue weighted by atomic mass is 10.0. The number of hydrogen-bond donors (Lipinski definition) is 0. The molecule has 0 aliphatic carbocycles. The summed E-state index contributed by atoms with van der Waals surface area (Å²) in [4.78, 5) is 13.0. The van der Waals surface area contributed by atoms with E-state index in [1.54, 1.807) is 9.13 Å². The SMILES string of the molecule is CC(C)n1c(=O)[n+](C)c(-c2ccccc2)c2cc3c(cc21)OCO3. The van der Waals surface area contributed by atoms with Gasteiger partial charge in [-0.3, -0.25) is 0 Å². The predicted molar refractivity (Wildman–Crippen MR) is 91.3 cm³/mol. The van der Waals surface area contributed by atoms with Crippen molar-refractivity contribution >= 4 is 10.9 Å². The van der Waals surface area contributed by atoms with Crippen molar-refractivity contribution in [2.45, 2.75) is 19.9 Å². The van der Waals surface area contributed by atoms with E-state index in [4.69, 9.17) is 9.47 Å². The van der Waals surface area contributed by atoms with Gasteiger partial charge in [0.25, 0.3) is 0 Å². The Kier molecular flexibility index (Phi) is 3.30. The number of aromatic nitrogens is 2. The summed E-state index contributed by atoms with van der Waals surface area (Å²) in [5, 5.41) is 0.973. The van der Waals surface area contributed by atoms with Crippen molar-refractivity contribution < 1.29 is 14.0 Å². The molecule has 3 aromatic rings. The lowest BCUT2D eigenvalue weighted by Crippen LogP contribution is -2.53. The molecular weight excluding hydrogens is 304 g/mol. The second kappa shape index (κ2) is 5.37. The van der Waals surface area contributed by atoms with Gasteiger partial charge in [0.1, 0.15) is 11.2 Å². The molecule has 0 amide bonds. The molecule has 0 unspecified atom stereocenters. The maximum Gasteiger partial charge on any atom is 0.498 e. The average molecular weight is 323 g/mol. The van der Waals surface area contributed by atoms with E-state index in [2.05, 4.69) is 0 Å². The lowest BCUT2D eigenvalue weighted by molar-refractivity contribution is -0.678. The van der Waals surface area contributed by atoms with E-state index in [9.17, 15) is 4.79 Å². The van der Waals surface area contributed by atoms with Crippen LogP contribution in [0.15, 0.2) is 47.3 Å². The highest BCUT2D eigenvalue weighted by Crippen LogP contribution is 2.38. The monoisotopic (exact) mass is 323 g/mol. The van der Waals surface area contributed by atoms with E-state index in [1.165, 1.54) is 0 Å². The normalized spacial score (nSPS) is 13.0. The van der Waals surface area contributed by atoms with Gasteiger partial charge in [0.15, 0.2) is 11.5 Å². The Morgan fingerprint density at radius 3 is 2.42 bits per heavy atom. The van der Waals surface area contributed by atoms with Crippen LogP contribution in [-0.2, 0) is 7.05 Å². The van der Waals surface area contributed by atoms with Crippen molar-refractivity contribution in [3.63, 3.8) is 0 Å². The number of nitrogens with zero attached hydrogens (tertiary/aromatic N) is 2. The molecule has 4 rings (SSSR count). The fraction of sp³-hybridized carbons (Fsp3) is 0.263. The first kappa shape index (κ1) is 14.8. The van der Waals surface area contributed by atoms with Crippen LogP contribution in [0.3, 0.4) is 0 Å². The third kappa shape index (κ3) is 2.08. The van der Waals surface area contributed by atoms with Gasteiger partial charge in [0.05, 0.1) is 18.5 Å². The van der Waals surface area contributed by atoms with Gasteiger partial charge in [0.2, 0.25) is 6.79 Å². The Labute approximate surface area is 139 Å². The molecule has 0 radical (unpaired) electrons. The second-order valence-corrected chi connectivity index (χ2v) is 6.24. The van der Waals surface area contributed by atoms with Crippen LogP contribution in [0.2, 0.25) is 0 Å². The second-order valence-electron chi connectivity index (χ2n) is 6.24. The summed E-state index contributed by atoms with van der Waals surface area (Å²) < 4.78 is 14.6. The van der Waals surface area contributed by atoms with Crippen molar-refractivity contribution in [3.8, 4) is 22.8 Å². The Balaban J connectivity index is 2.19. The van der Waals surface area contributed by atoms with Crippen molar-refractivity contribution in [2.75, 3.05) is 6.79 Å². The third-order valence-electron chi connectivity index (χ3n) is 4.40. The molecule has 0 saturated carbocycles. The fourth-order valence-corrected chi connectivity index (χ4v) is 3.31. The maximum absolute atomic E-state index is 13.0. The van der Waals surface area contributed by atoms with Gasteiger partial charge in [-0.25, -0.2) is 0 Å². The van der Waals surface area contributed by atoms with Gasteiger partial charge in [-0.05, 0) is 19.9 Å². The Morgan fingerprint density at radius 1 is 1.08 bits per heavy atom. The Bertz CT molecular complexity index is 991. The Hall–Kier alpha value is -2.82. The molecule has 24 heavy (non-hydrogen) atoms. The Morgan fingerprint density at radius 2 is 1.75 bits per heavy atom. The first-order valence-corrected chi connectivity index (χ1v) is 8.01. The zero-order valence-electron chi connectivity index (χ0n) is 13.9. The number of ether oxygens (including phenoxy) is 2. The van der Waals surface area contributed by atoms with Crippen molar-refractivity contribution in [2.24, 2.45) is 7.05 Å². The zero-order valence-corrected chi connectivity index (χ0v) is 13.9. The van der Waals surface area contributed by atoms with Crippen molar-refractivity contribution in [3.05, 3.63) is 52.9 Å². The van der Waals surface area contributed by atoms with Crippen LogP contribution in [0.5, 0.6) is 11.5 Å². The number of fused-ring (bicyclic) bond motifs is 2. The maximum atomic E-state index is 13.0. The number of benzene rings is 2. The fourth-order valence-electron chi connectivity index (χ4n) is 3.31. The average Bonchev–Trinajstić information content (AvgIpc) is 3.02. The van der Waals surface area contributed by atoms with Gasteiger partial charge < -0.3 is 9.47 Å². The van der Waals surface area contributed by atoms with Crippen LogP contribution in [-0.4, -0.2) is 11.4 Å². The van der Waals surface area contributed by atoms with Gasteiger partial charge in [0, 0.05) is 11.6 Å². The van der Waals surface area contributed by atoms with Gasteiger partial charge >= 0.3 is 5.69 Å².